The van der Waals surface area contributed by atoms with Crippen LogP contribution in [0.3, 0.4) is 0 Å². The zero-order valence-corrected chi connectivity index (χ0v) is 20.4. The van der Waals surface area contributed by atoms with Crippen molar-refractivity contribution >= 4 is 43.3 Å². The van der Waals surface area contributed by atoms with E-state index >= 15 is 0 Å². The molecule has 0 N–H and O–H groups in total. The Morgan fingerprint density at radius 1 is 0.704 bits per heavy atom. The number of rotatable bonds is 5. The molecule has 1 nitrogen and oxygen atoms in total. The average Bonchev–Trinajstić information content (AvgIpc) is 2.62. The minimum atomic E-state index is -4.66. The first-order chi connectivity index (χ1) is 12.7. The van der Waals surface area contributed by atoms with E-state index in [2.05, 4.69) is 99.6 Å². The molecule has 0 radical (unpaired) electrons. The van der Waals surface area contributed by atoms with E-state index in [1.54, 1.807) is 0 Å². The molecule has 27 heavy (non-hydrogen) atoms. The summed E-state index contributed by atoms with van der Waals surface area (Å²) in [5.74, 6) is 0. The van der Waals surface area contributed by atoms with Crippen molar-refractivity contribution in [3.05, 3.63) is 89.5 Å². The summed E-state index contributed by atoms with van der Waals surface area (Å²) in [5, 5.41) is 0. The summed E-state index contributed by atoms with van der Waals surface area (Å²) in [6.45, 7) is 4.97. The van der Waals surface area contributed by atoms with Crippen molar-refractivity contribution in [2.75, 3.05) is 14.1 Å². The average molecular weight is 509 g/mol. The summed E-state index contributed by atoms with van der Waals surface area (Å²) >= 11 is -4.66. The first kappa shape index (κ1) is 20.7. The number of hydrogen-bond acceptors (Lipinski definition) is 1. The van der Waals surface area contributed by atoms with Crippen LogP contribution in [0.15, 0.2) is 72.8 Å². The van der Waals surface area contributed by atoms with Crippen molar-refractivity contribution in [2.45, 2.75) is 20.4 Å². The van der Waals surface area contributed by atoms with Crippen molar-refractivity contribution in [3.8, 4) is 0 Å². The van der Waals surface area contributed by atoms with Crippen LogP contribution in [0.2, 0.25) is 0 Å². The van der Waals surface area contributed by atoms with Gasteiger partial charge in [0.2, 0.25) is 0 Å². The van der Waals surface area contributed by atoms with Crippen LogP contribution in [0.1, 0.15) is 16.7 Å². The Kier molecular flexibility index (Phi) is 5.99. The van der Waals surface area contributed by atoms with Gasteiger partial charge in [-0.25, -0.2) is 0 Å². The molecule has 142 valence electrons. The predicted octanol–water partition coefficient (Wildman–Crippen LogP) is 4.26. The molecular formula is C23H26Cl2NSb. The van der Waals surface area contributed by atoms with Crippen LogP contribution in [0.25, 0.3) is 0 Å². The van der Waals surface area contributed by atoms with E-state index in [1.807, 2.05) is 6.07 Å². The van der Waals surface area contributed by atoms with Gasteiger partial charge >= 0.3 is 172 Å². The van der Waals surface area contributed by atoms with Crippen molar-refractivity contribution < 1.29 is 0 Å². The fraction of sp³-hybridized carbons (Fsp3) is 0.217. The van der Waals surface area contributed by atoms with Gasteiger partial charge in [0.15, 0.2) is 0 Å². The van der Waals surface area contributed by atoms with E-state index < -0.39 is 15.1 Å². The van der Waals surface area contributed by atoms with Gasteiger partial charge in [0, 0.05) is 0 Å². The molecule has 0 fully saturated rings. The van der Waals surface area contributed by atoms with Gasteiger partial charge in [0.05, 0.1) is 0 Å². The molecule has 0 bridgehead atoms. The molecule has 0 unspecified atom stereocenters. The number of nitrogens with zero attached hydrogens (tertiary/aromatic N) is 1. The van der Waals surface area contributed by atoms with Crippen LogP contribution in [-0.4, -0.2) is 34.1 Å². The second-order valence-electron chi connectivity index (χ2n) is 7.44. The van der Waals surface area contributed by atoms with E-state index in [0.717, 1.165) is 17.1 Å². The fourth-order valence-corrected chi connectivity index (χ4v) is 17.8. The van der Waals surface area contributed by atoms with E-state index in [4.69, 9.17) is 17.7 Å². The Labute approximate surface area is 171 Å². The molecule has 0 aromatic heterocycles. The zero-order valence-electron chi connectivity index (χ0n) is 16.3. The Balaban J connectivity index is 2.36. The van der Waals surface area contributed by atoms with E-state index in [1.165, 1.54) is 16.7 Å². The van der Waals surface area contributed by atoms with E-state index in [9.17, 15) is 0 Å². The monoisotopic (exact) mass is 507 g/mol. The van der Waals surface area contributed by atoms with Crippen molar-refractivity contribution in [1.82, 2.24) is 4.90 Å². The maximum atomic E-state index is 7.71. The van der Waals surface area contributed by atoms with Gasteiger partial charge < -0.3 is 0 Å². The molecule has 0 spiro atoms. The summed E-state index contributed by atoms with van der Waals surface area (Å²) in [4.78, 5) is 2.16. The van der Waals surface area contributed by atoms with Crippen LogP contribution in [0.5, 0.6) is 0 Å². The molecule has 3 aromatic carbocycles. The van der Waals surface area contributed by atoms with Gasteiger partial charge in [0.25, 0.3) is 0 Å². The van der Waals surface area contributed by atoms with Crippen molar-refractivity contribution in [2.24, 2.45) is 0 Å². The third-order valence-electron chi connectivity index (χ3n) is 4.88. The molecular weight excluding hydrogens is 483 g/mol. The summed E-state index contributed by atoms with van der Waals surface area (Å²) < 4.78 is 3.19. The zero-order chi connectivity index (χ0) is 19.7. The van der Waals surface area contributed by atoms with Gasteiger partial charge in [-0.05, 0) is 0 Å². The van der Waals surface area contributed by atoms with Gasteiger partial charge in [-0.2, -0.15) is 0 Å². The molecule has 3 rings (SSSR count). The number of aryl methyl sites for hydroxylation is 2. The molecule has 0 amide bonds. The molecule has 0 aliphatic heterocycles. The molecule has 0 aliphatic rings. The third kappa shape index (κ3) is 3.94. The van der Waals surface area contributed by atoms with Crippen LogP contribution in [-0.2, 0) is 6.54 Å². The van der Waals surface area contributed by atoms with Crippen LogP contribution >= 0.6 is 17.7 Å². The van der Waals surface area contributed by atoms with Crippen molar-refractivity contribution in [1.29, 1.82) is 0 Å². The van der Waals surface area contributed by atoms with Crippen LogP contribution < -0.4 is 10.5 Å². The van der Waals surface area contributed by atoms with Gasteiger partial charge in [-0.3, -0.25) is 0 Å². The molecule has 4 heteroatoms. The van der Waals surface area contributed by atoms with Crippen molar-refractivity contribution in [3.63, 3.8) is 0 Å². The van der Waals surface area contributed by atoms with E-state index in [0.29, 0.717) is 0 Å². The number of benzene rings is 3. The number of halogens is 2. The Bertz CT molecular complexity index is 882. The minimum absolute atomic E-state index is 0.801. The van der Waals surface area contributed by atoms with Gasteiger partial charge in [0.1, 0.15) is 0 Å². The third-order valence-corrected chi connectivity index (χ3v) is 23.1. The van der Waals surface area contributed by atoms with Crippen LogP contribution in [0.4, 0.5) is 0 Å². The fourth-order valence-electron chi connectivity index (χ4n) is 3.41. The first-order valence-corrected chi connectivity index (χ1v) is 19.3. The summed E-state index contributed by atoms with van der Waals surface area (Å²) in [7, 11) is 19.6. The molecule has 0 saturated heterocycles. The maximum absolute atomic E-state index is 7.71. The predicted molar refractivity (Wildman–Crippen MR) is 123 cm³/mol. The summed E-state index contributed by atoms with van der Waals surface area (Å²) in [6.07, 6.45) is 0. The molecule has 0 aliphatic carbocycles. The quantitative estimate of drug-likeness (QED) is 0.465. The van der Waals surface area contributed by atoms with Gasteiger partial charge in [-0.15, -0.1) is 0 Å². The number of hydrogen-bond donors (Lipinski definition) is 0. The molecule has 0 atom stereocenters. The van der Waals surface area contributed by atoms with E-state index in [-0.39, 0.29) is 0 Å². The van der Waals surface area contributed by atoms with Gasteiger partial charge in [-0.1, -0.05) is 0 Å². The Morgan fingerprint density at radius 2 is 1.15 bits per heavy atom. The summed E-state index contributed by atoms with van der Waals surface area (Å²) in [6, 6.07) is 25.3. The molecule has 0 saturated carbocycles. The Morgan fingerprint density at radius 3 is 1.59 bits per heavy atom. The normalized spacial score (nSPS) is 13.4. The Hall–Kier alpha value is -0.982. The molecule has 3 aromatic rings. The summed E-state index contributed by atoms with van der Waals surface area (Å²) in [5.41, 5.74) is 3.59. The van der Waals surface area contributed by atoms with Crippen LogP contribution in [0, 0.1) is 13.8 Å². The standard InChI is InChI=1S/C9H12N.2C7H7.2ClH.Sb/c1-10(2)8-9-6-4-3-5-7-9;2*1-7-5-3-2-4-6-7;;;/h3-6H,8H2,1-2H3;2*3-6H,1H3;2*1H;/q;;;;;+2/p-2. The SMILES string of the molecule is Cc1cc[c]([Sb]([Cl])([Cl])([c]2ccc(C)cc2)[c]2ccccc2CN(C)C)cc1. The topological polar surface area (TPSA) is 3.24 Å². The first-order valence-electron chi connectivity index (χ1n) is 9.04. The second-order valence-corrected chi connectivity index (χ2v) is 27.2. The second kappa shape index (κ2) is 7.80. The molecule has 0 heterocycles.